The number of aromatic nitrogens is 3. The third-order valence-corrected chi connectivity index (χ3v) is 4.49. The highest BCUT2D eigenvalue weighted by Crippen LogP contribution is 2.13. The van der Waals surface area contributed by atoms with E-state index in [1.807, 2.05) is 10.3 Å². The van der Waals surface area contributed by atoms with Crippen LogP contribution in [0.3, 0.4) is 0 Å². The van der Waals surface area contributed by atoms with Gasteiger partial charge in [0.05, 0.1) is 12.1 Å². The van der Waals surface area contributed by atoms with Gasteiger partial charge in [0, 0.05) is 50.5 Å². The van der Waals surface area contributed by atoms with Crippen molar-refractivity contribution < 1.29 is 4.79 Å². The highest BCUT2D eigenvalue weighted by atomic mass is 32.1. The molecule has 0 spiro atoms. The SMILES string of the molecule is NCc1nc(CC(=O)N2CCN(c3ncccn3)CC2)cs1. The molecule has 0 aromatic carbocycles. The van der Waals surface area contributed by atoms with Gasteiger partial charge in [-0.2, -0.15) is 0 Å². The maximum atomic E-state index is 12.3. The molecule has 0 bridgehead atoms. The van der Waals surface area contributed by atoms with E-state index in [0.717, 1.165) is 29.7 Å². The molecule has 8 heteroatoms. The molecule has 3 heterocycles. The molecule has 2 aromatic heterocycles. The van der Waals surface area contributed by atoms with Crippen LogP contribution in [0.1, 0.15) is 10.7 Å². The molecule has 2 aromatic rings. The monoisotopic (exact) mass is 318 g/mol. The van der Waals surface area contributed by atoms with E-state index in [9.17, 15) is 4.79 Å². The normalized spacial score (nSPS) is 15.1. The quantitative estimate of drug-likeness (QED) is 0.871. The first kappa shape index (κ1) is 14.9. The Morgan fingerprint density at radius 3 is 2.59 bits per heavy atom. The number of thiazole rings is 1. The first-order valence-electron chi connectivity index (χ1n) is 7.19. The molecule has 1 saturated heterocycles. The van der Waals surface area contributed by atoms with Crippen molar-refractivity contribution in [2.24, 2.45) is 5.73 Å². The lowest BCUT2D eigenvalue weighted by atomic mass is 10.2. The Morgan fingerprint density at radius 2 is 1.95 bits per heavy atom. The average Bonchev–Trinajstić information content (AvgIpc) is 3.03. The number of hydrogen-bond acceptors (Lipinski definition) is 7. The Hall–Kier alpha value is -2.06. The third kappa shape index (κ3) is 3.40. The Balaban J connectivity index is 1.53. The van der Waals surface area contributed by atoms with E-state index < -0.39 is 0 Å². The molecular formula is C14H18N6OS. The van der Waals surface area contributed by atoms with Crippen molar-refractivity contribution in [3.8, 4) is 0 Å². The number of carbonyl (C=O) groups excluding carboxylic acids is 1. The highest BCUT2D eigenvalue weighted by molar-refractivity contribution is 7.09. The third-order valence-electron chi connectivity index (χ3n) is 3.57. The second-order valence-corrected chi connectivity index (χ2v) is 5.97. The van der Waals surface area contributed by atoms with Gasteiger partial charge in [-0.15, -0.1) is 11.3 Å². The lowest BCUT2D eigenvalue weighted by Gasteiger charge is -2.34. The Kier molecular flexibility index (Phi) is 4.59. The van der Waals surface area contributed by atoms with Crippen LogP contribution < -0.4 is 10.6 Å². The fraction of sp³-hybridized carbons (Fsp3) is 0.429. The van der Waals surface area contributed by atoms with Crippen molar-refractivity contribution in [3.63, 3.8) is 0 Å². The van der Waals surface area contributed by atoms with Crippen LogP contribution in [0.5, 0.6) is 0 Å². The van der Waals surface area contributed by atoms with Crippen molar-refractivity contribution in [2.45, 2.75) is 13.0 Å². The fourth-order valence-electron chi connectivity index (χ4n) is 2.40. The molecule has 116 valence electrons. The van der Waals surface area contributed by atoms with Gasteiger partial charge in [-0.3, -0.25) is 4.79 Å². The van der Waals surface area contributed by atoms with Gasteiger partial charge >= 0.3 is 0 Å². The van der Waals surface area contributed by atoms with Gasteiger partial charge in [-0.25, -0.2) is 15.0 Å². The minimum Gasteiger partial charge on any atom is -0.339 e. The topological polar surface area (TPSA) is 88.2 Å². The molecule has 22 heavy (non-hydrogen) atoms. The predicted molar refractivity (Wildman–Crippen MR) is 84.5 cm³/mol. The van der Waals surface area contributed by atoms with Crippen molar-refractivity contribution in [1.29, 1.82) is 0 Å². The van der Waals surface area contributed by atoms with Crippen LogP contribution >= 0.6 is 11.3 Å². The molecule has 0 unspecified atom stereocenters. The lowest BCUT2D eigenvalue weighted by Crippen LogP contribution is -2.49. The minimum atomic E-state index is 0.113. The van der Waals surface area contributed by atoms with Gasteiger partial charge in [-0.1, -0.05) is 0 Å². The number of hydrogen-bond donors (Lipinski definition) is 1. The summed E-state index contributed by atoms with van der Waals surface area (Å²) < 4.78 is 0. The summed E-state index contributed by atoms with van der Waals surface area (Å²) in [4.78, 5) is 29.1. The molecule has 2 N–H and O–H groups in total. The van der Waals surface area contributed by atoms with Crippen molar-refractivity contribution in [1.82, 2.24) is 19.9 Å². The molecule has 0 aliphatic carbocycles. The van der Waals surface area contributed by atoms with Gasteiger partial charge in [0.25, 0.3) is 0 Å². The largest absolute Gasteiger partial charge is 0.339 e. The predicted octanol–water partition coefficient (Wildman–Crippen LogP) is 0.283. The van der Waals surface area contributed by atoms with Crippen LogP contribution in [0.2, 0.25) is 0 Å². The summed E-state index contributed by atoms with van der Waals surface area (Å²) in [5.74, 6) is 0.837. The first-order chi connectivity index (χ1) is 10.8. The summed E-state index contributed by atoms with van der Waals surface area (Å²) in [7, 11) is 0. The average molecular weight is 318 g/mol. The molecule has 1 amide bonds. The molecular weight excluding hydrogens is 300 g/mol. The first-order valence-corrected chi connectivity index (χ1v) is 8.07. The number of carbonyl (C=O) groups is 1. The van der Waals surface area contributed by atoms with Crippen LogP contribution in [0.25, 0.3) is 0 Å². The van der Waals surface area contributed by atoms with E-state index in [-0.39, 0.29) is 5.91 Å². The number of amides is 1. The Bertz CT molecular complexity index is 623. The summed E-state index contributed by atoms with van der Waals surface area (Å²) in [6, 6.07) is 1.80. The standard InChI is InChI=1S/C14H18N6OS/c15-9-12-18-11(10-22-12)8-13(21)19-4-6-20(7-5-19)14-16-2-1-3-17-14/h1-3,10H,4-9,15H2. The summed E-state index contributed by atoms with van der Waals surface area (Å²) in [6.45, 7) is 3.30. The maximum Gasteiger partial charge on any atom is 0.228 e. The summed E-state index contributed by atoms with van der Waals surface area (Å²) >= 11 is 1.50. The van der Waals surface area contributed by atoms with Crippen LogP contribution in [0.15, 0.2) is 23.8 Å². The number of nitrogens with two attached hydrogens (primary N) is 1. The molecule has 1 aliphatic heterocycles. The van der Waals surface area contributed by atoms with E-state index in [1.165, 1.54) is 11.3 Å². The van der Waals surface area contributed by atoms with Crippen LogP contribution in [-0.4, -0.2) is 51.9 Å². The van der Waals surface area contributed by atoms with Gasteiger partial charge < -0.3 is 15.5 Å². The summed E-state index contributed by atoms with van der Waals surface area (Å²) in [6.07, 6.45) is 3.81. The van der Waals surface area contributed by atoms with Crippen LogP contribution in [0, 0.1) is 0 Å². The number of nitrogens with zero attached hydrogens (tertiary/aromatic N) is 5. The molecule has 1 fully saturated rings. The van der Waals surface area contributed by atoms with E-state index >= 15 is 0 Å². The maximum absolute atomic E-state index is 12.3. The van der Waals surface area contributed by atoms with E-state index in [2.05, 4.69) is 19.9 Å². The van der Waals surface area contributed by atoms with E-state index in [4.69, 9.17) is 5.73 Å². The van der Waals surface area contributed by atoms with Crippen LogP contribution in [0.4, 0.5) is 5.95 Å². The molecule has 0 saturated carbocycles. The van der Waals surface area contributed by atoms with Gasteiger partial charge in [0.1, 0.15) is 5.01 Å². The minimum absolute atomic E-state index is 0.113. The Morgan fingerprint density at radius 1 is 1.23 bits per heavy atom. The van der Waals surface area contributed by atoms with E-state index in [1.54, 1.807) is 18.5 Å². The summed E-state index contributed by atoms with van der Waals surface area (Å²) in [5.41, 5.74) is 6.35. The summed E-state index contributed by atoms with van der Waals surface area (Å²) in [5, 5.41) is 2.78. The van der Waals surface area contributed by atoms with Crippen molar-refractivity contribution in [3.05, 3.63) is 34.5 Å². The van der Waals surface area contributed by atoms with E-state index in [0.29, 0.717) is 26.1 Å². The number of anilines is 1. The highest BCUT2D eigenvalue weighted by Gasteiger charge is 2.22. The molecule has 1 aliphatic rings. The van der Waals surface area contributed by atoms with Crippen LogP contribution in [-0.2, 0) is 17.8 Å². The lowest BCUT2D eigenvalue weighted by molar-refractivity contribution is -0.130. The molecule has 0 atom stereocenters. The zero-order valence-electron chi connectivity index (χ0n) is 12.2. The molecule has 7 nitrogen and oxygen atoms in total. The van der Waals surface area contributed by atoms with Gasteiger partial charge in [-0.05, 0) is 6.07 Å². The van der Waals surface area contributed by atoms with Crippen molar-refractivity contribution in [2.75, 3.05) is 31.1 Å². The number of rotatable bonds is 4. The van der Waals surface area contributed by atoms with Crippen molar-refractivity contribution >= 4 is 23.2 Å². The molecule has 3 rings (SSSR count). The zero-order valence-corrected chi connectivity index (χ0v) is 13.0. The van der Waals surface area contributed by atoms with Gasteiger partial charge in [0.15, 0.2) is 0 Å². The van der Waals surface area contributed by atoms with Gasteiger partial charge in [0.2, 0.25) is 11.9 Å². The smallest absolute Gasteiger partial charge is 0.228 e. The second-order valence-electron chi connectivity index (χ2n) is 5.03. The molecule has 0 radical (unpaired) electrons. The number of piperazine rings is 1. The second kappa shape index (κ2) is 6.80. The Labute approximate surface area is 132 Å². The zero-order chi connectivity index (χ0) is 15.4. The fourth-order valence-corrected chi connectivity index (χ4v) is 3.08.